The molecular weight excluding hydrogens is 401 g/mol. The Morgan fingerprint density at radius 2 is 1.75 bits per heavy atom. The summed E-state index contributed by atoms with van der Waals surface area (Å²) in [6, 6.07) is 12.0. The van der Waals surface area contributed by atoms with Gasteiger partial charge in [-0.15, -0.1) is 0 Å². The van der Waals surface area contributed by atoms with Crippen molar-refractivity contribution >= 4 is 29.2 Å². The Labute approximate surface area is 175 Å². The zero-order chi connectivity index (χ0) is 19.9. The van der Waals surface area contributed by atoms with Gasteiger partial charge in [-0.25, -0.2) is 4.79 Å². The van der Waals surface area contributed by atoms with E-state index < -0.39 is 6.10 Å². The smallest absolute Gasteiger partial charge is 0.347 e. The molecule has 3 rings (SSSR count). The highest BCUT2D eigenvalue weighted by Gasteiger charge is 2.18. The molecule has 7 heteroatoms. The summed E-state index contributed by atoms with van der Waals surface area (Å²) in [4.78, 5) is 14.4. The third-order valence-corrected chi connectivity index (χ3v) is 4.97. The zero-order valence-corrected chi connectivity index (χ0v) is 17.2. The van der Waals surface area contributed by atoms with E-state index >= 15 is 0 Å². The quantitative estimate of drug-likeness (QED) is 0.546. The number of hydrogen-bond donors (Lipinski definition) is 0. The number of nitrogens with zero attached hydrogens (tertiary/aromatic N) is 1. The second-order valence-electron chi connectivity index (χ2n) is 6.62. The minimum atomic E-state index is -0.684. The van der Waals surface area contributed by atoms with Crippen molar-refractivity contribution in [1.82, 2.24) is 4.90 Å². The van der Waals surface area contributed by atoms with Crippen LogP contribution >= 0.6 is 23.2 Å². The Balaban J connectivity index is 1.46. The summed E-state index contributed by atoms with van der Waals surface area (Å²) in [5.41, 5.74) is 0. The fraction of sp³-hybridized carbons (Fsp3) is 0.381. The topological polar surface area (TPSA) is 48.0 Å². The Morgan fingerprint density at radius 1 is 1.07 bits per heavy atom. The minimum Gasteiger partial charge on any atom is -0.479 e. The van der Waals surface area contributed by atoms with E-state index in [1.54, 1.807) is 49.4 Å². The van der Waals surface area contributed by atoms with Crippen LogP contribution in [0.2, 0.25) is 10.0 Å². The van der Waals surface area contributed by atoms with Crippen LogP contribution in [-0.4, -0.2) is 43.2 Å². The molecule has 5 nitrogen and oxygen atoms in total. The Hall–Kier alpha value is -1.95. The number of ether oxygens (including phenoxy) is 3. The SMILES string of the molecule is CC(Oc1ccc(Oc2ccc(Cl)cc2Cl)cc1)C(=O)OCCN1CCCC1. The van der Waals surface area contributed by atoms with Gasteiger partial charge in [0, 0.05) is 11.6 Å². The first-order valence-corrected chi connectivity index (χ1v) is 10.1. The van der Waals surface area contributed by atoms with Crippen LogP contribution in [0.1, 0.15) is 19.8 Å². The summed E-state index contributed by atoms with van der Waals surface area (Å²) in [7, 11) is 0. The highest BCUT2D eigenvalue weighted by molar-refractivity contribution is 6.35. The van der Waals surface area contributed by atoms with Crippen LogP contribution in [0, 0.1) is 0 Å². The average Bonchev–Trinajstić information content (AvgIpc) is 3.19. The van der Waals surface area contributed by atoms with Crippen molar-refractivity contribution in [3.63, 3.8) is 0 Å². The van der Waals surface area contributed by atoms with Crippen LogP contribution in [-0.2, 0) is 9.53 Å². The van der Waals surface area contributed by atoms with Crippen molar-refractivity contribution in [1.29, 1.82) is 0 Å². The number of likely N-dealkylation sites (tertiary alicyclic amines) is 1. The second kappa shape index (κ2) is 10.0. The van der Waals surface area contributed by atoms with Gasteiger partial charge >= 0.3 is 5.97 Å². The third-order valence-electron chi connectivity index (χ3n) is 4.44. The standard InChI is InChI=1S/C21H23Cl2NO4/c1-15(21(25)26-13-12-24-10-2-3-11-24)27-17-5-7-18(8-6-17)28-20-9-4-16(22)14-19(20)23/h4-9,14-15H,2-3,10-13H2,1H3. The number of hydrogen-bond acceptors (Lipinski definition) is 5. The molecule has 0 aliphatic carbocycles. The lowest BCUT2D eigenvalue weighted by molar-refractivity contribution is -0.151. The van der Waals surface area contributed by atoms with Gasteiger partial charge in [0.05, 0.1) is 5.02 Å². The molecule has 1 heterocycles. The van der Waals surface area contributed by atoms with E-state index in [0.29, 0.717) is 33.9 Å². The molecule has 0 radical (unpaired) electrons. The van der Waals surface area contributed by atoms with Gasteiger partial charge in [0.2, 0.25) is 0 Å². The van der Waals surface area contributed by atoms with Crippen molar-refractivity contribution in [2.45, 2.75) is 25.9 Å². The van der Waals surface area contributed by atoms with Crippen LogP contribution in [0.5, 0.6) is 17.2 Å². The summed E-state index contributed by atoms with van der Waals surface area (Å²) in [6.45, 7) is 5.01. The lowest BCUT2D eigenvalue weighted by atomic mass is 10.3. The maximum Gasteiger partial charge on any atom is 0.347 e. The van der Waals surface area contributed by atoms with Gasteiger partial charge in [-0.05, 0) is 75.3 Å². The number of rotatable bonds is 8. The highest BCUT2D eigenvalue weighted by atomic mass is 35.5. The summed E-state index contributed by atoms with van der Waals surface area (Å²) in [6.07, 6.45) is 1.76. The molecule has 0 amide bonds. The van der Waals surface area contributed by atoms with Crippen LogP contribution in [0.4, 0.5) is 0 Å². The van der Waals surface area contributed by atoms with E-state index in [1.165, 1.54) is 12.8 Å². The molecule has 0 aromatic heterocycles. The van der Waals surface area contributed by atoms with Crippen LogP contribution in [0.25, 0.3) is 0 Å². The van der Waals surface area contributed by atoms with E-state index in [1.807, 2.05) is 0 Å². The number of halogens is 2. The molecule has 0 bridgehead atoms. The van der Waals surface area contributed by atoms with E-state index in [0.717, 1.165) is 19.6 Å². The largest absolute Gasteiger partial charge is 0.479 e. The summed E-state index contributed by atoms with van der Waals surface area (Å²) in [5.74, 6) is 1.29. The molecule has 1 aliphatic heterocycles. The van der Waals surface area contributed by atoms with Crippen LogP contribution in [0.3, 0.4) is 0 Å². The first kappa shape index (κ1) is 20.8. The van der Waals surface area contributed by atoms with Gasteiger partial charge in [-0.2, -0.15) is 0 Å². The number of benzene rings is 2. The molecule has 1 atom stereocenters. The van der Waals surface area contributed by atoms with Gasteiger partial charge in [-0.3, -0.25) is 4.90 Å². The second-order valence-corrected chi connectivity index (χ2v) is 7.47. The molecule has 1 saturated heterocycles. The van der Waals surface area contributed by atoms with Gasteiger partial charge in [0.1, 0.15) is 23.9 Å². The highest BCUT2D eigenvalue weighted by Crippen LogP contribution is 2.32. The molecular formula is C21H23Cl2NO4. The van der Waals surface area contributed by atoms with Crippen molar-refractivity contribution < 1.29 is 19.0 Å². The maximum absolute atomic E-state index is 12.1. The van der Waals surface area contributed by atoms with Gasteiger partial charge < -0.3 is 14.2 Å². The monoisotopic (exact) mass is 423 g/mol. The predicted octanol–water partition coefficient (Wildman–Crippen LogP) is 5.19. The maximum atomic E-state index is 12.1. The Kier molecular flexibility index (Phi) is 7.43. The average molecular weight is 424 g/mol. The number of esters is 1. The molecule has 28 heavy (non-hydrogen) atoms. The summed E-state index contributed by atoms with van der Waals surface area (Å²) < 4.78 is 16.7. The van der Waals surface area contributed by atoms with Crippen molar-refractivity contribution in [3.8, 4) is 17.2 Å². The number of carbonyl (C=O) groups is 1. The lowest BCUT2D eigenvalue weighted by Gasteiger charge is -2.17. The molecule has 0 saturated carbocycles. The zero-order valence-electron chi connectivity index (χ0n) is 15.7. The molecule has 1 fully saturated rings. The van der Waals surface area contributed by atoms with Crippen molar-refractivity contribution in [2.75, 3.05) is 26.2 Å². The minimum absolute atomic E-state index is 0.368. The summed E-state index contributed by atoms with van der Waals surface area (Å²) in [5, 5.41) is 0.973. The van der Waals surface area contributed by atoms with Gasteiger partial charge in [0.15, 0.2) is 6.10 Å². The number of carbonyl (C=O) groups excluding carboxylic acids is 1. The van der Waals surface area contributed by atoms with Gasteiger partial charge in [-0.1, -0.05) is 23.2 Å². The first-order chi connectivity index (χ1) is 13.5. The molecule has 1 unspecified atom stereocenters. The molecule has 0 N–H and O–H groups in total. The first-order valence-electron chi connectivity index (χ1n) is 9.30. The van der Waals surface area contributed by atoms with E-state index in [-0.39, 0.29) is 5.97 Å². The van der Waals surface area contributed by atoms with Crippen LogP contribution in [0.15, 0.2) is 42.5 Å². The van der Waals surface area contributed by atoms with Crippen LogP contribution < -0.4 is 9.47 Å². The fourth-order valence-electron chi connectivity index (χ4n) is 2.92. The van der Waals surface area contributed by atoms with Crippen molar-refractivity contribution in [3.05, 3.63) is 52.5 Å². The molecule has 2 aromatic rings. The molecule has 150 valence electrons. The van der Waals surface area contributed by atoms with E-state index in [2.05, 4.69) is 4.90 Å². The Morgan fingerprint density at radius 3 is 2.43 bits per heavy atom. The molecule has 2 aromatic carbocycles. The van der Waals surface area contributed by atoms with E-state index in [4.69, 9.17) is 37.4 Å². The Bertz CT molecular complexity index is 791. The van der Waals surface area contributed by atoms with Gasteiger partial charge in [0.25, 0.3) is 0 Å². The lowest BCUT2D eigenvalue weighted by Crippen LogP contribution is -2.30. The molecule has 1 aliphatic rings. The predicted molar refractivity (Wildman–Crippen MR) is 110 cm³/mol. The van der Waals surface area contributed by atoms with Crippen molar-refractivity contribution in [2.24, 2.45) is 0 Å². The summed E-state index contributed by atoms with van der Waals surface area (Å²) >= 11 is 12.0. The third kappa shape index (κ3) is 6.03. The normalized spacial score (nSPS) is 15.2. The fourth-order valence-corrected chi connectivity index (χ4v) is 3.37. The molecule has 0 spiro atoms. The van der Waals surface area contributed by atoms with E-state index in [9.17, 15) is 4.79 Å².